The Morgan fingerprint density at radius 3 is 2.95 bits per heavy atom. The molecule has 19 heavy (non-hydrogen) atoms. The van der Waals surface area contributed by atoms with Crippen LogP contribution in [0.1, 0.15) is 24.8 Å². The number of rotatable bonds is 6. The van der Waals surface area contributed by atoms with Gasteiger partial charge in [-0.25, -0.2) is 0 Å². The van der Waals surface area contributed by atoms with Crippen LogP contribution in [0.4, 0.5) is 0 Å². The maximum absolute atomic E-state index is 6.23. The molecular weight excluding hydrogens is 332 g/mol. The van der Waals surface area contributed by atoms with Crippen molar-refractivity contribution in [1.29, 1.82) is 0 Å². The minimum absolute atomic E-state index is 0.326. The summed E-state index contributed by atoms with van der Waals surface area (Å²) < 4.78 is 16.7. The average molecular weight is 350 g/mol. The molecule has 0 bridgehead atoms. The summed E-state index contributed by atoms with van der Waals surface area (Å²) >= 11 is 9.64. The van der Waals surface area contributed by atoms with Gasteiger partial charge in [0, 0.05) is 18.4 Å². The number of halogens is 2. The van der Waals surface area contributed by atoms with Gasteiger partial charge in [0.25, 0.3) is 0 Å². The van der Waals surface area contributed by atoms with E-state index in [4.69, 9.17) is 25.8 Å². The molecule has 1 heterocycles. The van der Waals surface area contributed by atoms with Crippen LogP contribution in [0, 0.1) is 0 Å². The van der Waals surface area contributed by atoms with Gasteiger partial charge in [0.1, 0.15) is 0 Å². The monoisotopic (exact) mass is 348 g/mol. The van der Waals surface area contributed by atoms with Crippen molar-refractivity contribution in [3.63, 3.8) is 0 Å². The second-order valence-corrected chi connectivity index (χ2v) is 5.48. The normalized spacial score (nSPS) is 18.6. The molecule has 106 valence electrons. The first-order chi connectivity index (χ1) is 9.24. The predicted octanol–water partition coefficient (Wildman–Crippen LogP) is 4.19. The minimum Gasteiger partial charge on any atom is -0.493 e. The van der Waals surface area contributed by atoms with Gasteiger partial charge in [0.2, 0.25) is 0 Å². The van der Waals surface area contributed by atoms with E-state index in [0.717, 1.165) is 36.8 Å². The van der Waals surface area contributed by atoms with Crippen molar-refractivity contribution < 1.29 is 14.2 Å². The van der Waals surface area contributed by atoms with Crippen molar-refractivity contribution >= 4 is 27.5 Å². The van der Waals surface area contributed by atoms with Crippen LogP contribution in [0.5, 0.6) is 11.5 Å². The summed E-state index contributed by atoms with van der Waals surface area (Å²) in [6, 6.07) is 3.82. The molecule has 0 radical (unpaired) electrons. The zero-order valence-electron chi connectivity index (χ0n) is 11.0. The molecule has 1 aliphatic heterocycles. The summed E-state index contributed by atoms with van der Waals surface area (Å²) in [5.41, 5.74) is 1.06. The van der Waals surface area contributed by atoms with Crippen LogP contribution in [0.15, 0.2) is 12.1 Å². The second kappa shape index (κ2) is 7.36. The predicted molar refractivity (Wildman–Crippen MR) is 79.7 cm³/mol. The number of hydrogen-bond acceptors (Lipinski definition) is 3. The molecule has 5 heteroatoms. The fraction of sp³-hybridized carbons (Fsp3) is 0.571. The first-order valence-electron chi connectivity index (χ1n) is 6.41. The van der Waals surface area contributed by atoms with Crippen molar-refractivity contribution in [3.05, 3.63) is 22.7 Å². The summed E-state index contributed by atoms with van der Waals surface area (Å²) in [7, 11) is 1.62. The van der Waals surface area contributed by atoms with Gasteiger partial charge in [0.05, 0.1) is 24.8 Å². The molecule has 0 amide bonds. The van der Waals surface area contributed by atoms with Crippen LogP contribution in [0.3, 0.4) is 0 Å². The Morgan fingerprint density at radius 2 is 2.32 bits per heavy atom. The summed E-state index contributed by atoms with van der Waals surface area (Å²) in [6.07, 6.45) is 3.48. The van der Waals surface area contributed by atoms with Crippen LogP contribution >= 0.6 is 27.5 Å². The van der Waals surface area contributed by atoms with E-state index in [1.165, 1.54) is 0 Å². The molecule has 1 unspecified atom stereocenters. The number of alkyl halides is 1. The van der Waals surface area contributed by atoms with Gasteiger partial charge in [-0.2, -0.15) is 0 Å². The molecule has 2 rings (SSSR count). The zero-order chi connectivity index (χ0) is 13.7. The highest BCUT2D eigenvalue weighted by molar-refractivity contribution is 9.08. The Balaban J connectivity index is 1.98. The summed E-state index contributed by atoms with van der Waals surface area (Å²) in [5, 5.41) is 1.32. The van der Waals surface area contributed by atoms with Crippen LogP contribution < -0.4 is 9.47 Å². The molecule has 0 saturated carbocycles. The van der Waals surface area contributed by atoms with Crippen LogP contribution in [0.2, 0.25) is 5.02 Å². The summed E-state index contributed by atoms with van der Waals surface area (Å²) in [4.78, 5) is 0. The molecule has 1 aromatic carbocycles. The number of benzene rings is 1. The Kier molecular flexibility index (Phi) is 5.79. The van der Waals surface area contributed by atoms with Crippen molar-refractivity contribution in [2.75, 3.05) is 20.3 Å². The molecule has 1 aromatic rings. The average Bonchev–Trinajstić information content (AvgIpc) is 2.93. The second-order valence-electron chi connectivity index (χ2n) is 4.51. The maximum atomic E-state index is 6.23. The lowest BCUT2D eigenvalue weighted by atomic mass is 10.2. The molecule has 1 saturated heterocycles. The lowest BCUT2D eigenvalue weighted by Crippen LogP contribution is -2.11. The van der Waals surface area contributed by atoms with E-state index in [9.17, 15) is 0 Å². The van der Waals surface area contributed by atoms with Crippen molar-refractivity contribution in [2.45, 2.75) is 30.7 Å². The van der Waals surface area contributed by atoms with E-state index in [1.54, 1.807) is 7.11 Å². The third kappa shape index (κ3) is 4.01. The Morgan fingerprint density at radius 1 is 1.47 bits per heavy atom. The number of hydrogen-bond donors (Lipinski definition) is 0. The van der Waals surface area contributed by atoms with Gasteiger partial charge in [-0.15, -0.1) is 0 Å². The van der Waals surface area contributed by atoms with Crippen molar-refractivity contribution in [2.24, 2.45) is 0 Å². The largest absolute Gasteiger partial charge is 0.493 e. The highest BCUT2D eigenvalue weighted by Crippen LogP contribution is 2.37. The Bertz CT molecular complexity index is 419. The molecule has 0 N–H and O–H groups in total. The van der Waals surface area contributed by atoms with Crippen molar-refractivity contribution in [1.82, 2.24) is 0 Å². The number of ether oxygens (including phenoxy) is 3. The standard InChI is InChI=1S/C14H18BrClO3/c1-17-13-8-10(9-15)7-12(16)14(13)19-6-4-11-3-2-5-18-11/h7-8,11H,2-6,9H2,1H3. The van der Waals surface area contributed by atoms with Crippen LogP contribution in [-0.2, 0) is 10.1 Å². The van der Waals surface area contributed by atoms with Crippen molar-refractivity contribution in [3.8, 4) is 11.5 Å². The molecule has 3 nitrogen and oxygen atoms in total. The van der Waals surface area contributed by atoms with Gasteiger partial charge >= 0.3 is 0 Å². The van der Waals surface area contributed by atoms with E-state index >= 15 is 0 Å². The van der Waals surface area contributed by atoms with Crippen LogP contribution in [-0.4, -0.2) is 26.4 Å². The Labute approximate surface area is 127 Å². The van der Waals surface area contributed by atoms with Gasteiger partial charge in [-0.1, -0.05) is 27.5 Å². The SMILES string of the molecule is COc1cc(CBr)cc(Cl)c1OCCC1CCCO1. The lowest BCUT2D eigenvalue weighted by Gasteiger charge is -2.15. The third-order valence-electron chi connectivity index (χ3n) is 3.15. The molecule has 0 aliphatic carbocycles. The molecular formula is C14H18BrClO3. The fourth-order valence-electron chi connectivity index (χ4n) is 2.15. The summed E-state index contributed by atoms with van der Waals surface area (Å²) in [5.74, 6) is 1.29. The molecule has 1 fully saturated rings. The minimum atomic E-state index is 0.326. The zero-order valence-corrected chi connectivity index (χ0v) is 13.3. The van der Waals surface area contributed by atoms with E-state index in [-0.39, 0.29) is 0 Å². The maximum Gasteiger partial charge on any atom is 0.179 e. The Hall–Kier alpha value is -0.450. The van der Waals surface area contributed by atoms with Crippen LogP contribution in [0.25, 0.3) is 0 Å². The molecule has 1 aliphatic rings. The van der Waals surface area contributed by atoms with E-state index in [2.05, 4.69) is 15.9 Å². The first kappa shape index (κ1) is 14.9. The highest BCUT2D eigenvalue weighted by atomic mass is 79.9. The quantitative estimate of drug-likeness (QED) is 0.721. The van der Waals surface area contributed by atoms with Gasteiger partial charge in [-0.05, 0) is 30.5 Å². The fourth-order valence-corrected chi connectivity index (χ4v) is 2.77. The molecule has 0 spiro atoms. The lowest BCUT2D eigenvalue weighted by molar-refractivity contribution is 0.0899. The van der Waals surface area contributed by atoms with Gasteiger partial charge < -0.3 is 14.2 Å². The van der Waals surface area contributed by atoms with E-state index in [0.29, 0.717) is 29.2 Å². The highest BCUT2D eigenvalue weighted by Gasteiger charge is 2.17. The van der Waals surface area contributed by atoms with E-state index < -0.39 is 0 Å². The first-order valence-corrected chi connectivity index (χ1v) is 7.91. The van der Waals surface area contributed by atoms with Gasteiger partial charge in [-0.3, -0.25) is 0 Å². The smallest absolute Gasteiger partial charge is 0.179 e. The topological polar surface area (TPSA) is 27.7 Å². The molecule has 0 aromatic heterocycles. The third-order valence-corrected chi connectivity index (χ3v) is 4.08. The molecule has 1 atom stereocenters. The van der Waals surface area contributed by atoms with E-state index in [1.807, 2.05) is 12.1 Å². The van der Waals surface area contributed by atoms with Gasteiger partial charge in [0.15, 0.2) is 11.5 Å². The summed E-state index contributed by atoms with van der Waals surface area (Å²) in [6.45, 7) is 1.46. The number of methoxy groups -OCH3 is 1.